The number of fused-ring (bicyclic) bond motifs is 2. The maximum absolute atomic E-state index is 10.6. The first-order chi connectivity index (χ1) is 11.1. The van der Waals surface area contributed by atoms with E-state index in [2.05, 4.69) is 4.98 Å². The number of nitrogens with one attached hydrogen (secondary N) is 1. The van der Waals surface area contributed by atoms with E-state index in [0.29, 0.717) is 11.3 Å². The molecule has 0 bridgehead atoms. The van der Waals surface area contributed by atoms with E-state index in [1.54, 1.807) is 24.3 Å². The van der Waals surface area contributed by atoms with Crippen molar-refractivity contribution in [1.82, 2.24) is 4.98 Å². The molecule has 3 aromatic carbocycles. The smallest absolute Gasteiger partial charge is 0.335 e. The van der Waals surface area contributed by atoms with E-state index in [9.17, 15) is 4.79 Å². The van der Waals surface area contributed by atoms with Crippen molar-refractivity contribution in [1.29, 1.82) is 0 Å². The van der Waals surface area contributed by atoms with Gasteiger partial charge in [-0.2, -0.15) is 0 Å². The fraction of sp³-hybridized carbons (Fsp3) is 0. The molecule has 3 N–H and O–H groups in total. The number of aromatic nitrogens is 1. The van der Waals surface area contributed by atoms with Crippen LogP contribution in [0.1, 0.15) is 10.4 Å². The van der Waals surface area contributed by atoms with Crippen LogP contribution in [-0.2, 0) is 0 Å². The Kier molecular flexibility index (Phi) is 3.97. The SMILES string of the molecule is O=C(O)c1ccc2ccccc2c1.Oc1ccc2cc[nH]c2c1. The van der Waals surface area contributed by atoms with E-state index in [1.807, 2.05) is 48.7 Å². The van der Waals surface area contributed by atoms with Gasteiger partial charge in [0.15, 0.2) is 0 Å². The fourth-order valence-electron chi connectivity index (χ4n) is 2.36. The van der Waals surface area contributed by atoms with E-state index in [-0.39, 0.29) is 0 Å². The predicted octanol–water partition coefficient (Wildman–Crippen LogP) is 4.41. The van der Waals surface area contributed by atoms with Gasteiger partial charge >= 0.3 is 5.97 Å². The molecular formula is C19H15NO3. The molecule has 23 heavy (non-hydrogen) atoms. The summed E-state index contributed by atoms with van der Waals surface area (Å²) in [6.45, 7) is 0. The van der Waals surface area contributed by atoms with E-state index in [4.69, 9.17) is 10.2 Å². The molecule has 0 saturated carbocycles. The first-order valence-electron chi connectivity index (χ1n) is 7.12. The number of aromatic amines is 1. The molecule has 0 saturated heterocycles. The monoisotopic (exact) mass is 305 g/mol. The Hall–Kier alpha value is -3.27. The standard InChI is InChI=1S/C11H8O2.C8H7NO/c12-11(13)10-6-5-8-3-1-2-4-9(8)7-10;10-7-2-1-6-3-4-9-8(6)5-7/h1-7H,(H,12,13);1-5,9-10H. The lowest BCUT2D eigenvalue weighted by atomic mass is 10.1. The molecule has 0 atom stereocenters. The molecule has 0 fully saturated rings. The molecule has 0 aliphatic rings. The van der Waals surface area contributed by atoms with Crippen molar-refractivity contribution >= 4 is 27.6 Å². The number of benzene rings is 3. The summed E-state index contributed by atoms with van der Waals surface area (Å²) < 4.78 is 0. The van der Waals surface area contributed by atoms with Gasteiger partial charge in [-0.15, -0.1) is 0 Å². The minimum atomic E-state index is -0.884. The number of aromatic carboxylic acids is 1. The second-order valence-corrected chi connectivity index (χ2v) is 5.12. The Morgan fingerprint density at radius 3 is 2.35 bits per heavy atom. The van der Waals surface area contributed by atoms with Gasteiger partial charge in [0.2, 0.25) is 0 Å². The number of rotatable bonds is 1. The molecular weight excluding hydrogens is 290 g/mol. The molecule has 0 unspecified atom stereocenters. The Balaban J connectivity index is 0.000000140. The van der Waals surface area contributed by atoms with Gasteiger partial charge in [-0.25, -0.2) is 4.79 Å². The van der Waals surface area contributed by atoms with Crippen LogP contribution in [0.4, 0.5) is 0 Å². The van der Waals surface area contributed by atoms with Crippen molar-refractivity contribution in [2.45, 2.75) is 0 Å². The minimum absolute atomic E-state index is 0.301. The van der Waals surface area contributed by atoms with Crippen molar-refractivity contribution in [2.24, 2.45) is 0 Å². The highest BCUT2D eigenvalue weighted by Crippen LogP contribution is 2.17. The van der Waals surface area contributed by atoms with Crippen LogP contribution < -0.4 is 0 Å². The zero-order valence-electron chi connectivity index (χ0n) is 12.2. The Bertz CT molecular complexity index is 972. The number of carboxylic acid groups (broad SMARTS) is 1. The Morgan fingerprint density at radius 1 is 0.826 bits per heavy atom. The second kappa shape index (κ2) is 6.23. The van der Waals surface area contributed by atoms with Crippen LogP contribution in [0.2, 0.25) is 0 Å². The summed E-state index contributed by atoms with van der Waals surface area (Å²) >= 11 is 0. The third-order valence-electron chi connectivity index (χ3n) is 3.54. The van der Waals surface area contributed by atoms with Gasteiger partial charge in [-0.3, -0.25) is 0 Å². The lowest BCUT2D eigenvalue weighted by Gasteiger charge is -1.98. The largest absolute Gasteiger partial charge is 0.508 e. The summed E-state index contributed by atoms with van der Waals surface area (Å²) in [5.41, 5.74) is 1.30. The first kappa shape index (κ1) is 14.7. The molecule has 1 heterocycles. The number of phenols is 1. The third-order valence-corrected chi connectivity index (χ3v) is 3.54. The van der Waals surface area contributed by atoms with E-state index >= 15 is 0 Å². The number of carbonyl (C=O) groups is 1. The maximum Gasteiger partial charge on any atom is 0.335 e. The van der Waals surface area contributed by atoms with Crippen LogP contribution in [0.3, 0.4) is 0 Å². The average molecular weight is 305 g/mol. The van der Waals surface area contributed by atoms with Gasteiger partial charge in [0, 0.05) is 17.8 Å². The van der Waals surface area contributed by atoms with Crippen molar-refractivity contribution < 1.29 is 15.0 Å². The van der Waals surface area contributed by atoms with Crippen LogP contribution >= 0.6 is 0 Å². The topological polar surface area (TPSA) is 73.3 Å². The number of hydrogen-bond donors (Lipinski definition) is 3. The highest BCUT2D eigenvalue weighted by molar-refractivity contribution is 5.94. The lowest BCUT2D eigenvalue weighted by Crippen LogP contribution is -1.94. The number of aromatic hydroxyl groups is 1. The average Bonchev–Trinajstić information content (AvgIpc) is 3.02. The molecule has 4 heteroatoms. The van der Waals surface area contributed by atoms with Gasteiger partial charge < -0.3 is 15.2 Å². The number of carboxylic acids is 1. The van der Waals surface area contributed by atoms with Crippen LogP contribution in [-0.4, -0.2) is 21.2 Å². The van der Waals surface area contributed by atoms with Crippen molar-refractivity contribution in [3.63, 3.8) is 0 Å². The zero-order valence-corrected chi connectivity index (χ0v) is 12.2. The van der Waals surface area contributed by atoms with Gasteiger partial charge in [-0.05, 0) is 46.5 Å². The molecule has 0 aliphatic carbocycles. The van der Waals surface area contributed by atoms with E-state index in [1.165, 1.54) is 0 Å². The van der Waals surface area contributed by atoms with Crippen LogP contribution in [0.25, 0.3) is 21.7 Å². The molecule has 4 aromatic rings. The maximum atomic E-state index is 10.6. The van der Waals surface area contributed by atoms with E-state index in [0.717, 1.165) is 21.7 Å². The normalized spacial score (nSPS) is 10.3. The van der Waals surface area contributed by atoms with Gasteiger partial charge in [0.05, 0.1) is 5.56 Å². The quantitative estimate of drug-likeness (QED) is 0.487. The Morgan fingerprint density at radius 2 is 1.57 bits per heavy atom. The molecule has 0 amide bonds. The molecule has 4 nitrogen and oxygen atoms in total. The number of hydrogen-bond acceptors (Lipinski definition) is 2. The third kappa shape index (κ3) is 3.32. The van der Waals surface area contributed by atoms with E-state index < -0.39 is 5.97 Å². The highest BCUT2D eigenvalue weighted by Gasteiger charge is 2.01. The number of H-pyrrole nitrogens is 1. The Labute approximate surface area is 132 Å². The van der Waals surface area contributed by atoms with Crippen molar-refractivity contribution in [3.8, 4) is 5.75 Å². The molecule has 1 aromatic heterocycles. The zero-order chi connectivity index (χ0) is 16.2. The van der Waals surface area contributed by atoms with Crippen molar-refractivity contribution in [2.75, 3.05) is 0 Å². The number of phenolic OH excluding ortho intramolecular Hbond substituents is 1. The predicted molar refractivity (Wildman–Crippen MR) is 90.9 cm³/mol. The summed E-state index contributed by atoms with van der Waals surface area (Å²) in [5, 5.41) is 20.9. The minimum Gasteiger partial charge on any atom is -0.508 e. The van der Waals surface area contributed by atoms with Gasteiger partial charge in [0.25, 0.3) is 0 Å². The summed E-state index contributed by atoms with van der Waals surface area (Å²) in [5.74, 6) is -0.583. The lowest BCUT2D eigenvalue weighted by molar-refractivity contribution is 0.0697. The summed E-state index contributed by atoms with van der Waals surface area (Å²) in [6, 6.07) is 20.0. The highest BCUT2D eigenvalue weighted by atomic mass is 16.4. The fourth-order valence-corrected chi connectivity index (χ4v) is 2.36. The van der Waals surface area contributed by atoms with Crippen LogP contribution in [0.15, 0.2) is 72.9 Å². The van der Waals surface area contributed by atoms with Crippen molar-refractivity contribution in [3.05, 3.63) is 78.5 Å². The summed E-state index contributed by atoms with van der Waals surface area (Å²) in [6.07, 6.45) is 1.85. The van der Waals surface area contributed by atoms with Gasteiger partial charge in [-0.1, -0.05) is 30.3 Å². The summed E-state index contributed by atoms with van der Waals surface area (Å²) in [7, 11) is 0. The second-order valence-electron chi connectivity index (χ2n) is 5.12. The molecule has 0 spiro atoms. The molecule has 0 aliphatic heterocycles. The molecule has 0 radical (unpaired) electrons. The molecule has 4 rings (SSSR count). The van der Waals surface area contributed by atoms with Crippen LogP contribution in [0.5, 0.6) is 5.75 Å². The van der Waals surface area contributed by atoms with Crippen LogP contribution in [0, 0.1) is 0 Å². The first-order valence-corrected chi connectivity index (χ1v) is 7.12. The summed E-state index contributed by atoms with van der Waals surface area (Å²) in [4.78, 5) is 13.6. The van der Waals surface area contributed by atoms with Gasteiger partial charge in [0.1, 0.15) is 5.75 Å². The molecule has 114 valence electrons.